The molecule has 1 atom stereocenters. The van der Waals surface area contributed by atoms with Crippen LogP contribution in [0.4, 0.5) is 0 Å². The van der Waals surface area contributed by atoms with Crippen LogP contribution in [0.5, 0.6) is 5.75 Å². The Hall–Kier alpha value is -0.590. The monoisotopic (exact) mass is 377 g/mol. The molecule has 0 aromatic heterocycles. The van der Waals surface area contributed by atoms with Gasteiger partial charge in [-0.1, -0.05) is 22.9 Å². The molecule has 1 rings (SSSR count). The van der Waals surface area contributed by atoms with Gasteiger partial charge in [0.25, 0.3) is 0 Å². The summed E-state index contributed by atoms with van der Waals surface area (Å²) in [5.41, 5.74) is 0.850. The summed E-state index contributed by atoms with van der Waals surface area (Å²) in [7, 11) is -3.25. The molecule has 0 saturated carbocycles. The summed E-state index contributed by atoms with van der Waals surface area (Å²) < 4.78 is 30.0. The van der Waals surface area contributed by atoms with Crippen LogP contribution in [0.3, 0.4) is 0 Å². The van der Waals surface area contributed by atoms with E-state index in [4.69, 9.17) is 4.74 Å². The molecule has 0 aliphatic heterocycles. The SMILES string of the molecule is CCNC(c1cc(Br)ccc1OCC)C(C)(C)S(C)(=O)=O. The number of sulfone groups is 1. The first-order valence-corrected chi connectivity index (χ1v) is 9.68. The van der Waals surface area contributed by atoms with Crippen LogP contribution < -0.4 is 10.1 Å². The van der Waals surface area contributed by atoms with E-state index in [2.05, 4.69) is 21.2 Å². The van der Waals surface area contributed by atoms with Crippen molar-refractivity contribution in [3.05, 3.63) is 28.2 Å². The first-order chi connectivity index (χ1) is 9.65. The highest BCUT2D eigenvalue weighted by atomic mass is 79.9. The van der Waals surface area contributed by atoms with Gasteiger partial charge < -0.3 is 10.1 Å². The smallest absolute Gasteiger partial charge is 0.154 e. The van der Waals surface area contributed by atoms with Gasteiger partial charge in [0.2, 0.25) is 0 Å². The van der Waals surface area contributed by atoms with E-state index in [1.54, 1.807) is 13.8 Å². The summed E-state index contributed by atoms with van der Waals surface area (Å²) in [6.07, 6.45) is 1.27. The van der Waals surface area contributed by atoms with Gasteiger partial charge in [0.05, 0.1) is 17.4 Å². The summed E-state index contributed by atoms with van der Waals surface area (Å²) in [4.78, 5) is 0. The molecule has 1 aromatic carbocycles. The van der Waals surface area contributed by atoms with E-state index in [1.807, 2.05) is 32.0 Å². The van der Waals surface area contributed by atoms with Crippen molar-refractivity contribution >= 4 is 25.8 Å². The third-order valence-electron chi connectivity index (χ3n) is 3.64. The fourth-order valence-corrected chi connectivity index (χ4v) is 3.20. The van der Waals surface area contributed by atoms with Gasteiger partial charge in [-0.05, 0) is 45.5 Å². The minimum absolute atomic E-state index is 0.350. The van der Waals surface area contributed by atoms with Crippen molar-refractivity contribution in [2.75, 3.05) is 19.4 Å². The molecule has 0 saturated heterocycles. The molecule has 0 aliphatic rings. The standard InChI is InChI=1S/C15H24BrNO3S/c1-6-17-14(15(3,4)21(5,18)19)12-10-11(16)8-9-13(12)20-7-2/h8-10,14,17H,6-7H2,1-5H3. The predicted octanol–water partition coefficient (Wildman–Crippen LogP) is 3.32. The zero-order chi connectivity index (χ0) is 16.3. The van der Waals surface area contributed by atoms with Crippen LogP contribution in [0.2, 0.25) is 0 Å². The van der Waals surface area contributed by atoms with Crippen molar-refractivity contribution in [1.29, 1.82) is 0 Å². The number of nitrogens with one attached hydrogen (secondary N) is 1. The number of hydrogen-bond acceptors (Lipinski definition) is 4. The molecule has 0 radical (unpaired) electrons. The fourth-order valence-electron chi connectivity index (χ4n) is 2.18. The molecule has 0 spiro atoms. The Morgan fingerprint density at radius 2 is 1.95 bits per heavy atom. The number of hydrogen-bond donors (Lipinski definition) is 1. The lowest BCUT2D eigenvalue weighted by Crippen LogP contribution is -2.45. The van der Waals surface area contributed by atoms with Crippen LogP contribution in [0.15, 0.2) is 22.7 Å². The van der Waals surface area contributed by atoms with Crippen LogP contribution >= 0.6 is 15.9 Å². The molecule has 1 unspecified atom stereocenters. The normalized spacial score (nSPS) is 14.0. The fraction of sp³-hybridized carbons (Fsp3) is 0.600. The van der Waals surface area contributed by atoms with Crippen LogP contribution in [0.1, 0.15) is 39.3 Å². The summed E-state index contributed by atoms with van der Waals surface area (Å²) in [6, 6.07) is 5.33. The first kappa shape index (κ1) is 18.5. The van der Waals surface area contributed by atoms with Gasteiger partial charge in [-0.2, -0.15) is 0 Å². The Balaban J connectivity index is 3.45. The third-order valence-corrected chi connectivity index (χ3v) is 6.28. The maximum Gasteiger partial charge on any atom is 0.154 e. The van der Waals surface area contributed by atoms with Crippen molar-refractivity contribution in [3.8, 4) is 5.75 Å². The highest BCUT2D eigenvalue weighted by molar-refractivity contribution is 9.10. The van der Waals surface area contributed by atoms with E-state index < -0.39 is 14.6 Å². The summed E-state index contributed by atoms with van der Waals surface area (Å²) >= 11 is 3.45. The zero-order valence-corrected chi connectivity index (χ0v) is 15.6. The Bertz CT molecular complexity index is 585. The molecule has 0 aliphatic carbocycles. The van der Waals surface area contributed by atoms with E-state index in [9.17, 15) is 8.42 Å². The van der Waals surface area contributed by atoms with E-state index in [0.717, 1.165) is 10.0 Å². The van der Waals surface area contributed by atoms with Gasteiger partial charge >= 0.3 is 0 Å². The topological polar surface area (TPSA) is 55.4 Å². The van der Waals surface area contributed by atoms with Crippen molar-refractivity contribution in [1.82, 2.24) is 5.32 Å². The van der Waals surface area contributed by atoms with E-state index in [-0.39, 0.29) is 6.04 Å². The molecule has 0 amide bonds. The predicted molar refractivity (Wildman–Crippen MR) is 90.7 cm³/mol. The number of benzene rings is 1. The third kappa shape index (κ3) is 4.20. The number of rotatable bonds is 7. The molecule has 0 bridgehead atoms. The molecular weight excluding hydrogens is 354 g/mol. The Kier molecular flexibility index (Phi) is 6.25. The van der Waals surface area contributed by atoms with Crippen LogP contribution in [-0.2, 0) is 9.84 Å². The molecule has 1 aromatic rings. The average Bonchev–Trinajstić information content (AvgIpc) is 2.37. The molecule has 1 N–H and O–H groups in total. The van der Waals surface area contributed by atoms with Crippen LogP contribution in [0.25, 0.3) is 0 Å². The largest absolute Gasteiger partial charge is 0.494 e. The lowest BCUT2D eigenvalue weighted by molar-refractivity contribution is 0.325. The minimum Gasteiger partial charge on any atom is -0.494 e. The van der Waals surface area contributed by atoms with Gasteiger partial charge in [0, 0.05) is 16.3 Å². The first-order valence-electron chi connectivity index (χ1n) is 7.00. The molecule has 0 fully saturated rings. The summed E-state index contributed by atoms with van der Waals surface area (Å²) in [5, 5.41) is 3.29. The summed E-state index contributed by atoms with van der Waals surface area (Å²) in [5.74, 6) is 0.711. The molecule has 21 heavy (non-hydrogen) atoms. The Labute approximate surface area is 136 Å². The van der Waals surface area contributed by atoms with E-state index >= 15 is 0 Å². The highest BCUT2D eigenvalue weighted by Gasteiger charge is 2.40. The van der Waals surface area contributed by atoms with Crippen molar-refractivity contribution in [2.24, 2.45) is 0 Å². The zero-order valence-electron chi connectivity index (χ0n) is 13.2. The van der Waals surface area contributed by atoms with E-state index in [1.165, 1.54) is 6.26 Å². The Morgan fingerprint density at radius 1 is 1.33 bits per heavy atom. The van der Waals surface area contributed by atoms with Gasteiger partial charge in [-0.25, -0.2) is 8.42 Å². The van der Waals surface area contributed by atoms with Gasteiger partial charge in [0.15, 0.2) is 9.84 Å². The van der Waals surface area contributed by atoms with Crippen LogP contribution in [0, 0.1) is 0 Å². The second kappa shape index (κ2) is 7.11. The highest BCUT2D eigenvalue weighted by Crippen LogP contribution is 2.38. The van der Waals surface area contributed by atoms with Crippen molar-refractivity contribution in [3.63, 3.8) is 0 Å². The molecule has 6 heteroatoms. The molecular formula is C15H24BrNO3S. The average molecular weight is 378 g/mol. The quantitative estimate of drug-likeness (QED) is 0.791. The van der Waals surface area contributed by atoms with Crippen molar-refractivity contribution < 1.29 is 13.2 Å². The maximum atomic E-state index is 12.2. The van der Waals surface area contributed by atoms with Crippen molar-refractivity contribution in [2.45, 2.75) is 38.5 Å². The number of ether oxygens (including phenoxy) is 1. The second-order valence-electron chi connectivity index (χ2n) is 5.48. The molecule has 120 valence electrons. The Morgan fingerprint density at radius 3 is 2.43 bits per heavy atom. The molecule has 0 heterocycles. The second-order valence-corrected chi connectivity index (χ2v) is 8.99. The maximum absolute atomic E-state index is 12.2. The van der Waals surface area contributed by atoms with E-state index in [0.29, 0.717) is 18.9 Å². The minimum atomic E-state index is -3.25. The number of halogens is 1. The molecule has 4 nitrogen and oxygen atoms in total. The lowest BCUT2D eigenvalue weighted by Gasteiger charge is -2.34. The van der Waals surface area contributed by atoms with Gasteiger partial charge in [-0.15, -0.1) is 0 Å². The summed E-state index contributed by atoms with van der Waals surface area (Å²) in [6.45, 7) is 8.56. The van der Waals surface area contributed by atoms with Gasteiger partial charge in [-0.3, -0.25) is 0 Å². The van der Waals surface area contributed by atoms with Crippen LogP contribution in [-0.4, -0.2) is 32.6 Å². The lowest BCUT2D eigenvalue weighted by atomic mass is 9.94. The van der Waals surface area contributed by atoms with Gasteiger partial charge in [0.1, 0.15) is 5.75 Å².